The quantitative estimate of drug-likeness (QED) is 0.114. The largest absolute Gasteiger partial charge is 0.398 e. The molecule has 0 fully saturated rings. The summed E-state index contributed by atoms with van der Waals surface area (Å²) >= 11 is 0. The Hall–Kier alpha value is -4.79. The molecule has 4 rings (SSSR count). The number of para-hydroxylation sites is 1. The van der Waals surface area contributed by atoms with E-state index in [1.54, 1.807) is 48.0 Å². The molecule has 2 aromatic heterocycles. The predicted octanol–water partition coefficient (Wildman–Crippen LogP) is 6.08. The third kappa shape index (κ3) is 6.46. The van der Waals surface area contributed by atoms with E-state index in [0.29, 0.717) is 28.7 Å². The van der Waals surface area contributed by atoms with Gasteiger partial charge >= 0.3 is 0 Å². The molecule has 0 atom stereocenters. The van der Waals surface area contributed by atoms with Crippen LogP contribution in [0.4, 0.5) is 23.0 Å². The average Bonchev–Trinajstić information content (AvgIpc) is 3.29. The van der Waals surface area contributed by atoms with Crippen molar-refractivity contribution in [2.45, 2.75) is 33.6 Å². The average molecular weight is 497 g/mol. The molecule has 0 aliphatic heterocycles. The van der Waals surface area contributed by atoms with Crippen molar-refractivity contribution in [1.29, 1.82) is 10.8 Å². The number of allylic oxidation sites excluding steroid dienone is 1. The summed E-state index contributed by atoms with van der Waals surface area (Å²) in [6.07, 6.45) is 6.41. The number of carbonyl (C=O) groups is 1. The molecule has 0 radical (unpaired) electrons. The van der Waals surface area contributed by atoms with Crippen LogP contribution in [0.15, 0.2) is 72.3 Å². The Morgan fingerprint density at radius 2 is 1.81 bits per heavy atom. The van der Waals surface area contributed by atoms with E-state index in [1.807, 2.05) is 30.3 Å². The number of nitrogens with one attached hydrogen (secondary N) is 4. The molecule has 2 aromatic carbocycles. The zero-order valence-electron chi connectivity index (χ0n) is 21.2. The molecule has 0 bridgehead atoms. The van der Waals surface area contributed by atoms with Gasteiger partial charge in [-0.3, -0.25) is 4.79 Å². The number of rotatable bonds is 8. The molecule has 9 heteroatoms. The number of aromatic nitrogens is 3. The maximum Gasteiger partial charge on any atom is 0.258 e. The number of nitrogen functional groups attached to an aromatic ring is 1. The van der Waals surface area contributed by atoms with E-state index >= 15 is 0 Å². The Bertz CT molecular complexity index is 1440. The smallest absolute Gasteiger partial charge is 0.258 e. The summed E-state index contributed by atoms with van der Waals surface area (Å²) < 4.78 is 1.69. The highest BCUT2D eigenvalue weighted by Gasteiger charge is 2.14. The fourth-order valence-electron chi connectivity index (χ4n) is 3.33. The molecular weight excluding hydrogens is 464 g/mol. The van der Waals surface area contributed by atoms with Crippen molar-refractivity contribution >= 4 is 52.2 Å². The van der Waals surface area contributed by atoms with Crippen LogP contribution >= 0.6 is 0 Å². The summed E-state index contributed by atoms with van der Waals surface area (Å²) in [4.78, 5) is 16.8. The van der Waals surface area contributed by atoms with Crippen LogP contribution in [0.3, 0.4) is 0 Å². The summed E-state index contributed by atoms with van der Waals surface area (Å²) in [5.74, 6) is 1.08. The van der Waals surface area contributed by atoms with Gasteiger partial charge in [-0.15, -0.1) is 5.10 Å². The highest BCUT2D eigenvalue weighted by molar-refractivity contribution is 6.16. The molecule has 0 unspecified atom stereocenters. The highest BCUT2D eigenvalue weighted by atomic mass is 16.1. The molecule has 4 aromatic rings. The second-order valence-electron chi connectivity index (χ2n) is 8.11. The van der Waals surface area contributed by atoms with Gasteiger partial charge in [0.1, 0.15) is 5.82 Å². The van der Waals surface area contributed by atoms with Crippen molar-refractivity contribution in [3.63, 3.8) is 0 Å². The first-order chi connectivity index (χ1) is 17.9. The van der Waals surface area contributed by atoms with Gasteiger partial charge in [-0.1, -0.05) is 51.0 Å². The number of nitrogens with zero attached hydrogens (tertiary/aromatic N) is 3. The lowest BCUT2D eigenvalue weighted by Gasteiger charge is -2.08. The van der Waals surface area contributed by atoms with Gasteiger partial charge in [-0.2, -0.15) is 0 Å². The van der Waals surface area contributed by atoms with Crippen molar-refractivity contribution in [3.8, 4) is 5.82 Å². The van der Waals surface area contributed by atoms with E-state index in [0.717, 1.165) is 22.8 Å². The maximum atomic E-state index is 12.3. The van der Waals surface area contributed by atoms with Crippen LogP contribution in [-0.4, -0.2) is 33.1 Å². The molecule has 190 valence electrons. The number of pyridine rings is 1. The minimum atomic E-state index is -0.407. The minimum absolute atomic E-state index is 0.242. The van der Waals surface area contributed by atoms with Gasteiger partial charge in [0.15, 0.2) is 11.6 Å². The lowest BCUT2D eigenvalue weighted by molar-refractivity contribution is -0.112. The standard InChI is InChI=1S/C24H22N8O.C4H10/c1-2-15(13-25)24(33)30-21-8-5-9-22(29-21)32-20-7-4-3-6-18(20)23(31-32)28-17-10-11-19(27)16(12-17)14-26;1-3-4-2/h2-14,25-26H,27H2,1H3,(H,28,31)(H,29,30,33);3-4H2,1-2H3/b15-2+,25-13?,26-14?;. The number of nitrogens with two attached hydrogens (primary N) is 1. The van der Waals surface area contributed by atoms with Crippen LogP contribution in [0.25, 0.3) is 16.7 Å². The lowest BCUT2D eigenvalue weighted by atomic mass is 10.1. The maximum absolute atomic E-state index is 12.3. The summed E-state index contributed by atoms with van der Waals surface area (Å²) in [6.45, 7) is 6.06. The Balaban J connectivity index is 0.000000886. The molecular formula is C28H32N8O. The fraction of sp³-hybridized carbons (Fsp3) is 0.179. The predicted molar refractivity (Wildman–Crippen MR) is 153 cm³/mol. The van der Waals surface area contributed by atoms with Crippen molar-refractivity contribution in [3.05, 3.63) is 77.9 Å². The van der Waals surface area contributed by atoms with Crippen LogP contribution in [0, 0.1) is 10.8 Å². The second-order valence-corrected chi connectivity index (χ2v) is 8.11. The third-order valence-electron chi connectivity index (χ3n) is 5.51. The van der Waals surface area contributed by atoms with Gasteiger partial charge in [-0.05, 0) is 49.4 Å². The van der Waals surface area contributed by atoms with Crippen molar-refractivity contribution in [1.82, 2.24) is 14.8 Å². The van der Waals surface area contributed by atoms with Crippen molar-refractivity contribution < 1.29 is 4.79 Å². The Morgan fingerprint density at radius 1 is 1.05 bits per heavy atom. The summed E-state index contributed by atoms with van der Waals surface area (Å²) in [6, 6.07) is 18.3. The van der Waals surface area contributed by atoms with E-state index in [-0.39, 0.29) is 5.57 Å². The molecule has 37 heavy (non-hydrogen) atoms. The number of fused-ring (bicyclic) bond motifs is 1. The molecule has 0 aliphatic rings. The number of hydrogen-bond donors (Lipinski definition) is 5. The van der Waals surface area contributed by atoms with Crippen LogP contribution in [0.1, 0.15) is 39.2 Å². The third-order valence-corrected chi connectivity index (χ3v) is 5.51. The second kappa shape index (κ2) is 12.8. The van der Waals surface area contributed by atoms with Gasteiger partial charge in [0.05, 0.1) is 11.1 Å². The summed E-state index contributed by atoms with van der Waals surface area (Å²) in [5, 5.41) is 26.5. The number of unbranched alkanes of at least 4 members (excludes halogenated alkanes) is 1. The van der Waals surface area contributed by atoms with E-state index < -0.39 is 5.91 Å². The monoisotopic (exact) mass is 496 g/mol. The van der Waals surface area contributed by atoms with Gasteiger partial charge in [-0.25, -0.2) is 9.67 Å². The van der Waals surface area contributed by atoms with Gasteiger partial charge in [0.25, 0.3) is 5.91 Å². The van der Waals surface area contributed by atoms with E-state index in [2.05, 4.69) is 29.5 Å². The zero-order chi connectivity index (χ0) is 26.8. The first-order valence-corrected chi connectivity index (χ1v) is 12.1. The molecule has 9 nitrogen and oxygen atoms in total. The number of carbonyl (C=O) groups excluding carboxylic acids is 1. The highest BCUT2D eigenvalue weighted by Crippen LogP contribution is 2.29. The molecule has 2 heterocycles. The van der Waals surface area contributed by atoms with Crippen molar-refractivity contribution in [2.24, 2.45) is 0 Å². The van der Waals surface area contributed by atoms with E-state index in [9.17, 15) is 4.79 Å². The zero-order valence-corrected chi connectivity index (χ0v) is 21.2. The van der Waals surface area contributed by atoms with E-state index in [1.165, 1.54) is 19.1 Å². The first-order valence-electron chi connectivity index (χ1n) is 12.1. The van der Waals surface area contributed by atoms with Crippen LogP contribution in [-0.2, 0) is 4.79 Å². The van der Waals surface area contributed by atoms with Gasteiger partial charge in [0, 0.05) is 34.8 Å². The molecule has 6 N–H and O–H groups in total. The van der Waals surface area contributed by atoms with Crippen LogP contribution < -0.4 is 16.4 Å². The topological polar surface area (TPSA) is 146 Å². The van der Waals surface area contributed by atoms with Gasteiger partial charge in [0.2, 0.25) is 0 Å². The summed E-state index contributed by atoms with van der Waals surface area (Å²) in [7, 11) is 0. The first kappa shape index (κ1) is 26.8. The van der Waals surface area contributed by atoms with Crippen LogP contribution in [0.5, 0.6) is 0 Å². The Morgan fingerprint density at radius 3 is 2.49 bits per heavy atom. The summed E-state index contributed by atoms with van der Waals surface area (Å²) in [5.41, 5.74) is 8.85. The lowest BCUT2D eigenvalue weighted by Crippen LogP contribution is -2.16. The normalized spacial score (nSPS) is 10.8. The number of amides is 1. The molecule has 0 spiro atoms. The van der Waals surface area contributed by atoms with Gasteiger partial charge < -0.3 is 27.2 Å². The number of hydrogen-bond acceptors (Lipinski definition) is 7. The minimum Gasteiger partial charge on any atom is -0.398 e. The Kier molecular flexibility index (Phi) is 9.26. The number of anilines is 4. The SMILES string of the molecule is C/C=C(\C=N)C(=O)Nc1cccc(-n2nc(Nc3ccc(N)c(C=N)c3)c3ccccc32)n1.CCCC. The fourth-order valence-corrected chi connectivity index (χ4v) is 3.33. The van der Waals surface area contributed by atoms with Crippen molar-refractivity contribution in [2.75, 3.05) is 16.4 Å². The Labute approximate surface area is 216 Å². The molecule has 0 aliphatic carbocycles. The molecule has 0 saturated carbocycles. The molecule has 1 amide bonds. The number of benzene rings is 2. The molecule has 0 saturated heterocycles. The van der Waals surface area contributed by atoms with Crippen LogP contribution in [0.2, 0.25) is 0 Å². The van der Waals surface area contributed by atoms with E-state index in [4.69, 9.17) is 21.7 Å².